The summed E-state index contributed by atoms with van der Waals surface area (Å²) in [6.45, 7) is 1.98. The summed E-state index contributed by atoms with van der Waals surface area (Å²) in [4.78, 5) is 25.7. The van der Waals surface area contributed by atoms with E-state index in [9.17, 15) is 9.59 Å². The zero-order chi connectivity index (χ0) is 12.4. The van der Waals surface area contributed by atoms with Gasteiger partial charge in [0.25, 0.3) is 0 Å². The summed E-state index contributed by atoms with van der Waals surface area (Å²) in [5, 5.41) is 0.622. The van der Waals surface area contributed by atoms with Crippen LogP contribution in [0.25, 0.3) is 10.9 Å². The fraction of sp³-hybridized carbons (Fsp3) is 0.167. The fourth-order valence-corrected chi connectivity index (χ4v) is 1.66. The minimum atomic E-state index is -0.506. The molecule has 1 aromatic carbocycles. The van der Waals surface area contributed by atoms with Gasteiger partial charge in [-0.1, -0.05) is 0 Å². The predicted molar refractivity (Wildman–Crippen MR) is 64.9 cm³/mol. The molecule has 2 aromatic rings. The number of aromatic amines is 1. The van der Waals surface area contributed by atoms with E-state index in [4.69, 9.17) is 10.5 Å². The molecule has 0 aliphatic carbocycles. The van der Waals surface area contributed by atoms with E-state index in [1.807, 2.05) is 0 Å². The molecule has 0 saturated carbocycles. The number of nitrogens with one attached hydrogen (secondary N) is 1. The number of H-pyrrole nitrogens is 1. The molecule has 88 valence electrons. The molecule has 2 rings (SSSR count). The summed E-state index contributed by atoms with van der Waals surface area (Å²) in [5.41, 5.74) is 6.57. The highest BCUT2D eigenvalue weighted by Crippen LogP contribution is 2.18. The van der Waals surface area contributed by atoms with Gasteiger partial charge in [-0.05, 0) is 25.1 Å². The summed E-state index contributed by atoms with van der Waals surface area (Å²) < 4.78 is 4.90. The van der Waals surface area contributed by atoms with Crippen LogP contribution in [0.4, 0.5) is 5.69 Å². The van der Waals surface area contributed by atoms with E-state index >= 15 is 0 Å². The number of aromatic nitrogens is 1. The Labute approximate surface area is 97.2 Å². The first kappa shape index (κ1) is 11.2. The van der Waals surface area contributed by atoms with Crippen molar-refractivity contribution in [1.82, 2.24) is 4.98 Å². The van der Waals surface area contributed by atoms with Gasteiger partial charge >= 0.3 is 5.97 Å². The van der Waals surface area contributed by atoms with Crippen molar-refractivity contribution in [2.45, 2.75) is 6.92 Å². The van der Waals surface area contributed by atoms with Crippen LogP contribution in [0, 0.1) is 0 Å². The first-order valence-corrected chi connectivity index (χ1v) is 5.21. The summed E-state index contributed by atoms with van der Waals surface area (Å²) in [5.74, 6) is -0.506. The minimum Gasteiger partial charge on any atom is -0.462 e. The summed E-state index contributed by atoms with van der Waals surface area (Å²) >= 11 is 0. The van der Waals surface area contributed by atoms with Crippen LogP contribution < -0.4 is 11.3 Å². The molecule has 0 bridgehead atoms. The molecule has 0 atom stereocenters. The molecule has 1 heterocycles. The lowest BCUT2D eigenvalue weighted by Gasteiger charge is -2.06. The second kappa shape index (κ2) is 4.29. The van der Waals surface area contributed by atoms with Gasteiger partial charge in [-0.2, -0.15) is 0 Å². The van der Waals surface area contributed by atoms with Crippen LogP contribution in [-0.2, 0) is 4.74 Å². The molecule has 0 fully saturated rings. The van der Waals surface area contributed by atoms with Crippen molar-refractivity contribution >= 4 is 22.6 Å². The van der Waals surface area contributed by atoms with Gasteiger partial charge in [0.05, 0.1) is 17.7 Å². The van der Waals surface area contributed by atoms with Crippen molar-refractivity contribution in [3.05, 3.63) is 40.2 Å². The van der Waals surface area contributed by atoms with Gasteiger partial charge in [0, 0.05) is 17.1 Å². The maximum atomic E-state index is 11.7. The monoisotopic (exact) mass is 232 g/mol. The molecule has 0 spiro atoms. The molecule has 17 heavy (non-hydrogen) atoms. The molecule has 0 aliphatic rings. The summed E-state index contributed by atoms with van der Waals surface area (Å²) in [6.07, 6.45) is 0. The zero-order valence-corrected chi connectivity index (χ0v) is 9.32. The number of esters is 1. The summed E-state index contributed by atoms with van der Waals surface area (Å²) in [6, 6.07) is 6.20. The highest BCUT2D eigenvalue weighted by molar-refractivity contribution is 6.03. The van der Waals surface area contributed by atoms with Gasteiger partial charge in [-0.15, -0.1) is 0 Å². The Bertz CT molecular complexity index is 631. The van der Waals surface area contributed by atoms with Crippen LogP contribution in [0.5, 0.6) is 0 Å². The molecule has 0 radical (unpaired) electrons. The van der Waals surface area contributed by atoms with Crippen molar-refractivity contribution < 1.29 is 9.53 Å². The number of nitrogens with two attached hydrogens (primary N) is 1. The van der Waals surface area contributed by atoms with Crippen LogP contribution >= 0.6 is 0 Å². The normalized spacial score (nSPS) is 10.4. The zero-order valence-electron chi connectivity index (χ0n) is 9.32. The number of benzene rings is 1. The van der Waals surface area contributed by atoms with E-state index < -0.39 is 5.97 Å². The number of pyridine rings is 1. The number of nitrogen functional groups attached to an aromatic ring is 1. The van der Waals surface area contributed by atoms with E-state index in [-0.39, 0.29) is 17.7 Å². The standard InChI is InChI=1S/C12H12N2O3/c1-2-17-12(16)9-6-11(15)14-10-5-7(13)3-4-8(9)10/h3-6H,2,13H2,1H3,(H,14,15). The van der Waals surface area contributed by atoms with Crippen LogP contribution in [-0.4, -0.2) is 17.6 Å². The van der Waals surface area contributed by atoms with Gasteiger partial charge in [0.1, 0.15) is 0 Å². The first-order chi connectivity index (χ1) is 8.11. The number of anilines is 1. The van der Waals surface area contributed by atoms with E-state index in [2.05, 4.69) is 4.98 Å². The van der Waals surface area contributed by atoms with Crippen molar-refractivity contribution in [3.8, 4) is 0 Å². The van der Waals surface area contributed by atoms with Gasteiger partial charge < -0.3 is 15.5 Å². The number of carbonyl (C=O) groups excluding carboxylic acids is 1. The molecule has 3 N–H and O–H groups in total. The topological polar surface area (TPSA) is 85.2 Å². The SMILES string of the molecule is CCOC(=O)c1cc(=O)[nH]c2cc(N)ccc12. The maximum Gasteiger partial charge on any atom is 0.339 e. The Balaban J connectivity index is 2.70. The van der Waals surface area contributed by atoms with Gasteiger partial charge in [-0.3, -0.25) is 4.79 Å². The number of rotatable bonds is 2. The Morgan fingerprint density at radius 3 is 2.88 bits per heavy atom. The predicted octanol–water partition coefficient (Wildman–Crippen LogP) is 1.29. The van der Waals surface area contributed by atoms with Crippen LogP contribution in [0.15, 0.2) is 29.1 Å². The molecule has 0 amide bonds. The van der Waals surface area contributed by atoms with Crippen LogP contribution in [0.2, 0.25) is 0 Å². The smallest absolute Gasteiger partial charge is 0.339 e. The maximum absolute atomic E-state index is 11.7. The minimum absolute atomic E-state index is 0.255. The van der Waals surface area contributed by atoms with Gasteiger partial charge in [-0.25, -0.2) is 4.79 Å². The van der Waals surface area contributed by atoms with Crippen molar-refractivity contribution in [2.24, 2.45) is 0 Å². The Morgan fingerprint density at radius 2 is 2.18 bits per heavy atom. The highest BCUT2D eigenvalue weighted by atomic mass is 16.5. The first-order valence-electron chi connectivity index (χ1n) is 5.21. The number of ether oxygens (including phenoxy) is 1. The van der Waals surface area contributed by atoms with Crippen molar-refractivity contribution in [1.29, 1.82) is 0 Å². The molecular formula is C12H12N2O3. The van der Waals surface area contributed by atoms with E-state index in [1.54, 1.807) is 25.1 Å². The third-order valence-corrected chi connectivity index (χ3v) is 2.36. The largest absolute Gasteiger partial charge is 0.462 e. The molecule has 5 heteroatoms. The molecule has 0 unspecified atom stereocenters. The molecule has 1 aromatic heterocycles. The lowest BCUT2D eigenvalue weighted by atomic mass is 10.1. The van der Waals surface area contributed by atoms with E-state index in [0.717, 1.165) is 0 Å². The average Bonchev–Trinajstić information content (AvgIpc) is 2.27. The Morgan fingerprint density at radius 1 is 1.41 bits per heavy atom. The average molecular weight is 232 g/mol. The number of hydrogen-bond acceptors (Lipinski definition) is 4. The third kappa shape index (κ3) is 2.13. The van der Waals surface area contributed by atoms with Gasteiger partial charge in [0.2, 0.25) is 5.56 Å². The Hall–Kier alpha value is -2.30. The van der Waals surface area contributed by atoms with Gasteiger partial charge in [0.15, 0.2) is 0 Å². The lowest BCUT2D eigenvalue weighted by molar-refractivity contribution is 0.0528. The molecule has 5 nitrogen and oxygen atoms in total. The van der Waals surface area contributed by atoms with E-state index in [0.29, 0.717) is 16.6 Å². The van der Waals surface area contributed by atoms with Crippen LogP contribution in [0.1, 0.15) is 17.3 Å². The number of carbonyl (C=O) groups is 1. The second-order valence-electron chi connectivity index (χ2n) is 3.57. The second-order valence-corrected chi connectivity index (χ2v) is 3.57. The quantitative estimate of drug-likeness (QED) is 0.603. The van der Waals surface area contributed by atoms with Crippen LogP contribution in [0.3, 0.4) is 0 Å². The Kier molecular flexibility index (Phi) is 2.82. The molecule has 0 aliphatic heterocycles. The molecule has 0 saturated heterocycles. The lowest BCUT2D eigenvalue weighted by Crippen LogP contribution is -2.12. The highest BCUT2D eigenvalue weighted by Gasteiger charge is 2.12. The third-order valence-electron chi connectivity index (χ3n) is 2.36. The van der Waals surface area contributed by atoms with E-state index in [1.165, 1.54) is 6.07 Å². The number of hydrogen-bond donors (Lipinski definition) is 2. The van der Waals surface area contributed by atoms with Crippen molar-refractivity contribution in [3.63, 3.8) is 0 Å². The summed E-state index contributed by atoms with van der Waals surface area (Å²) in [7, 11) is 0. The molecular weight excluding hydrogens is 220 g/mol. The van der Waals surface area contributed by atoms with Crippen molar-refractivity contribution in [2.75, 3.05) is 12.3 Å². The fourth-order valence-electron chi connectivity index (χ4n) is 1.66. The number of fused-ring (bicyclic) bond motifs is 1.